The second kappa shape index (κ2) is 7.33. The van der Waals surface area contributed by atoms with E-state index in [2.05, 4.69) is 5.32 Å². The number of alkyl halides is 2. The van der Waals surface area contributed by atoms with Crippen molar-refractivity contribution in [2.75, 3.05) is 12.4 Å². The molecule has 1 N–H and O–H groups in total. The summed E-state index contributed by atoms with van der Waals surface area (Å²) >= 11 is 18.1. The molecule has 8 heteroatoms. The van der Waals surface area contributed by atoms with Gasteiger partial charge in [-0.25, -0.2) is 4.79 Å². The standard InChI is InChI=1S/C14H10Cl3NO3S/c1-21-14(20)10-9(7-2-4-8(15)5-3-7)6-22-13(10)18-12(19)11(16)17/h2-6,11H,1H3,(H,18,19). The number of hydrogen-bond acceptors (Lipinski definition) is 4. The average molecular weight is 379 g/mol. The number of rotatable bonds is 4. The summed E-state index contributed by atoms with van der Waals surface area (Å²) in [5.74, 6) is -1.18. The minimum Gasteiger partial charge on any atom is -0.465 e. The van der Waals surface area contributed by atoms with Gasteiger partial charge >= 0.3 is 5.97 Å². The monoisotopic (exact) mass is 377 g/mol. The van der Waals surface area contributed by atoms with Crippen LogP contribution >= 0.6 is 46.1 Å². The van der Waals surface area contributed by atoms with Crippen molar-refractivity contribution in [3.8, 4) is 11.1 Å². The molecule has 0 aliphatic carbocycles. The largest absolute Gasteiger partial charge is 0.465 e. The zero-order chi connectivity index (χ0) is 16.3. The Labute approximate surface area is 145 Å². The van der Waals surface area contributed by atoms with Crippen LogP contribution in [0.3, 0.4) is 0 Å². The molecule has 0 aliphatic rings. The third-order valence-electron chi connectivity index (χ3n) is 2.77. The summed E-state index contributed by atoms with van der Waals surface area (Å²) in [6.07, 6.45) is 0. The number of hydrogen-bond donors (Lipinski definition) is 1. The van der Waals surface area contributed by atoms with Gasteiger partial charge in [0.25, 0.3) is 5.91 Å². The fourth-order valence-electron chi connectivity index (χ4n) is 1.76. The van der Waals surface area contributed by atoms with Gasteiger partial charge in [-0.2, -0.15) is 0 Å². The van der Waals surface area contributed by atoms with Crippen molar-refractivity contribution in [3.05, 3.63) is 40.2 Å². The number of esters is 1. The maximum atomic E-state index is 12.0. The van der Waals surface area contributed by atoms with E-state index in [1.807, 2.05) is 0 Å². The first-order chi connectivity index (χ1) is 10.4. The number of anilines is 1. The molecule has 0 atom stereocenters. The molecule has 2 rings (SSSR count). The number of carbonyl (C=O) groups is 2. The van der Waals surface area contributed by atoms with Crippen molar-refractivity contribution in [1.29, 1.82) is 0 Å². The van der Waals surface area contributed by atoms with Gasteiger partial charge in [-0.1, -0.05) is 46.9 Å². The highest BCUT2D eigenvalue weighted by atomic mass is 35.5. The third-order valence-corrected chi connectivity index (χ3v) is 4.31. The summed E-state index contributed by atoms with van der Waals surface area (Å²) < 4.78 is 4.79. The molecule has 1 heterocycles. The van der Waals surface area contributed by atoms with Crippen LogP contribution in [-0.4, -0.2) is 23.8 Å². The molecule has 0 saturated heterocycles. The van der Waals surface area contributed by atoms with Gasteiger partial charge in [0.2, 0.25) is 0 Å². The maximum absolute atomic E-state index is 12.0. The van der Waals surface area contributed by atoms with Crippen molar-refractivity contribution in [3.63, 3.8) is 0 Å². The lowest BCUT2D eigenvalue weighted by molar-refractivity contribution is -0.114. The molecule has 1 aromatic carbocycles. The van der Waals surface area contributed by atoms with Crippen molar-refractivity contribution in [2.24, 2.45) is 0 Å². The minimum absolute atomic E-state index is 0.247. The van der Waals surface area contributed by atoms with Crippen LogP contribution in [0.4, 0.5) is 5.00 Å². The van der Waals surface area contributed by atoms with Crippen LogP contribution in [0.5, 0.6) is 0 Å². The number of amides is 1. The van der Waals surface area contributed by atoms with Crippen molar-refractivity contribution >= 4 is 63.0 Å². The van der Waals surface area contributed by atoms with E-state index in [-0.39, 0.29) is 5.56 Å². The molecule has 4 nitrogen and oxygen atoms in total. The number of thiophene rings is 1. The van der Waals surface area contributed by atoms with Gasteiger partial charge in [0, 0.05) is 16.0 Å². The quantitative estimate of drug-likeness (QED) is 0.625. The zero-order valence-electron chi connectivity index (χ0n) is 11.2. The highest BCUT2D eigenvalue weighted by molar-refractivity contribution is 7.15. The van der Waals surface area contributed by atoms with Gasteiger partial charge in [-0.15, -0.1) is 11.3 Å². The Hall–Kier alpha value is -1.27. The van der Waals surface area contributed by atoms with Gasteiger partial charge in [0.1, 0.15) is 10.6 Å². The van der Waals surface area contributed by atoms with Gasteiger partial charge in [0.05, 0.1) is 7.11 Å². The average Bonchev–Trinajstić information content (AvgIpc) is 2.90. The van der Waals surface area contributed by atoms with Crippen LogP contribution in [0.15, 0.2) is 29.6 Å². The fourth-order valence-corrected chi connectivity index (χ4v) is 2.96. The second-order valence-corrected chi connectivity index (χ2v) is 6.55. The maximum Gasteiger partial charge on any atom is 0.341 e. The first-order valence-electron chi connectivity index (χ1n) is 5.98. The van der Waals surface area contributed by atoms with Gasteiger partial charge in [-0.05, 0) is 17.7 Å². The Balaban J connectivity index is 2.47. The molecule has 0 spiro atoms. The Kier molecular flexibility index (Phi) is 5.69. The van der Waals surface area contributed by atoms with E-state index >= 15 is 0 Å². The normalized spacial score (nSPS) is 10.6. The van der Waals surface area contributed by atoms with E-state index in [1.54, 1.807) is 29.6 Å². The molecule has 1 aromatic heterocycles. The third kappa shape index (κ3) is 3.73. The molecule has 116 valence electrons. The van der Waals surface area contributed by atoms with Crippen LogP contribution in [0.25, 0.3) is 11.1 Å². The molecule has 0 bridgehead atoms. The smallest absolute Gasteiger partial charge is 0.341 e. The molecule has 0 unspecified atom stereocenters. The summed E-state index contributed by atoms with van der Waals surface area (Å²) in [5.41, 5.74) is 1.65. The molecule has 0 saturated carbocycles. The van der Waals surface area contributed by atoms with E-state index in [4.69, 9.17) is 39.5 Å². The van der Waals surface area contributed by atoms with Crippen molar-refractivity contribution < 1.29 is 14.3 Å². The molecular formula is C14H10Cl3NO3S. The summed E-state index contributed by atoms with van der Waals surface area (Å²) in [5, 5.41) is 5.16. The number of halogens is 3. The highest BCUT2D eigenvalue weighted by Crippen LogP contribution is 2.36. The Morgan fingerprint density at radius 2 is 1.86 bits per heavy atom. The van der Waals surface area contributed by atoms with Crippen molar-refractivity contribution in [2.45, 2.75) is 4.84 Å². The molecule has 0 fully saturated rings. The minimum atomic E-state index is -1.23. The zero-order valence-corrected chi connectivity index (χ0v) is 14.3. The predicted molar refractivity (Wildman–Crippen MR) is 90.2 cm³/mol. The number of nitrogens with one attached hydrogen (secondary N) is 1. The lowest BCUT2D eigenvalue weighted by atomic mass is 10.0. The van der Waals surface area contributed by atoms with Crippen LogP contribution < -0.4 is 5.32 Å². The highest BCUT2D eigenvalue weighted by Gasteiger charge is 2.23. The van der Waals surface area contributed by atoms with Crippen LogP contribution in [0.2, 0.25) is 5.02 Å². The fraction of sp³-hybridized carbons (Fsp3) is 0.143. The molecular weight excluding hydrogens is 369 g/mol. The first kappa shape index (κ1) is 17.1. The molecule has 0 aliphatic heterocycles. The summed E-state index contributed by atoms with van der Waals surface area (Å²) in [7, 11) is 1.27. The topological polar surface area (TPSA) is 55.4 Å². The number of carbonyl (C=O) groups excluding carboxylic acids is 2. The number of methoxy groups -OCH3 is 1. The molecule has 2 aromatic rings. The number of benzene rings is 1. The summed E-state index contributed by atoms with van der Waals surface area (Å²) in [4.78, 5) is 22.4. The SMILES string of the molecule is COC(=O)c1c(-c2ccc(Cl)cc2)csc1NC(=O)C(Cl)Cl. The molecule has 0 radical (unpaired) electrons. The Morgan fingerprint density at radius 3 is 2.41 bits per heavy atom. The molecule has 1 amide bonds. The van der Waals surface area contributed by atoms with Gasteiger partial charge in [0.15, 0.2) is 4.84 Å². The number of ether oxygens (including phenoxy) is 1. The Morgan fingerprint density at radius 1 is 1.23 bits per heavy atom. The van der Waals surface area contributed by atoms with Gasteiger partial charge < -0.3 is 10.1 Å². The Bertz CT molecular complexity index is 698. The van der Waals surface area contributed by atoms with E-state index in [0.717, 1.165) is 5.56 Å². The van der Waals surface area contributed by atoms with Crippen LogP contribution in [0.1, 0.15) is 10.4 Å². The molecule has 22 heavy (non-hydrogen) atoms. The van der Waals surface area contributed by atoms with Crippen LogP contribution in [0, 0.1) is 0 Å². The van der Waals surface area contributed by atoms with Crippen LogP contribution in [-0.2, 0) is 9.53 Å². The summed E-state index contributed by atoms with van der Waals surface area (Å²) in [6.45, 7) is 0. The van der Waals surface area contributed by atoms with E-state index < -0.39 is 16.7 Å². The van der Waals surface area contributed by atoms with Gasteiger partial charge in [-0.3, -0.25) is 4.79 Å². The predicted octanol–water partition coefficient (Wildman–Crippen LogP) is 4.60. The van der Waals surface area contributed by atoms with E-state index in [0.29, 0.717) is 15.6 Å². The van der Waals surface area contributed by atoms with E-state index in [9.17, 15) is 9.59 Å². The lowest BCUT2D eigenvalue weighted by Gasteiger charge is -2.08. The summed E-state index contributed by atoms with van der Waals surface area (Å²) in [6, 6.07) is 6.96. The van der Waals surface area contributed by atoms with E-state index in [1.165, 1.54) is 18.4 Å². The van der Waals surface area contributed by atoms with Crippen molar-refractivity contribution in [1.82, 2.24) is 0 Å². The second-order valence-electron chi connectivity index (χ2n) is 4.14. The lowest BCUT2D eigenvalue weighted by Crippen LogP contribution is -2.19. The first-order valence-corrected chi connectivity index (χ1v) is 8.12.